The first-order valence-electron chi connectivity index (χ1n) is 4.68. The van der Waals surface area contributed by atoms with Crippen molar-refractivity contribution in [2.45, 2.75) is 18.7 Å². The average molecular weight is 225 g/mol. The monoisotopic (exact) mass is 225 g/mol. The van der Waals surface area contributed by atoms with Gasteiger partial charge in [0, 0.05) is 5.75 Å². The van der Waals surface area contributed by atoms with Gasteiger partial charge in [0.1, 0.15) is 5.70 Å². The highest BCUT2D eigenvalue weighted by Gasteiger charge is 2.44. The molecule has 0 radical (unpaired) electrons. The smallest absolute Gasteiger partial charge is 0.352 e. The Balaban J connectivity index is 2.41. The number of carboxylic acids is 1. The number of carboxylic acid groups (broad SMARTS) is 1. The zero-order valence-electron chi connectivity index (χ0n) is 8.27. The topological polar surface area (TPSA) is 57.6 Å². The molecule has 2 heterocycles. The highest BCUT2D eigenvalue weighted by atomic mass is 32.2. The molecule has 4 nitrogen and oxygen atoms in total. The van der Waals surface area contributed by atoms with Crippen LogP contribution in [-0.4, -0.2) is 33.0 Å². The molecular weight excluding hydrogens is 214 g/mol. The summed E-state index contributed by atoms with van der Waals surface area (Å²) >= 11 is 1.62. The van der Waals surface area contributed by atoms with E-state index in [1.807, 2.05) is 6.92 Å². The third kappa shape index (κ3) is 1.56. The minimum Gasteiger partial charge on any atom is -0.477 e. The molecule has 0 aromatic heterocycles. The van der Waals surface area contributed by atoms with Crippen LogP contribution in [0.2, 0.25) is 0 Å². The summed E-state index contributed by atoms with van der Waals surface area (Å²) in [6.45, 7) is 1.83. The number of allylic oxidation sites excluding steroid dienone is 2. The Labute approximate surface area is 91.6 Å². The fraction of sp³-hybridized carbons (Fsp3) is 0.400. The maximum absolute atomic E-state index is 11.3. The second kappa shape index (κ2) is 3.73. The van der Waals surface area contributed by atoms with Crippen molar-refractivity contribution in [2.24, 2.45) is 0 Å². The molecule has 1 atom stereocenters. The number of carbonyl (C=O) groups is 2. The standard InChI is InChI=1S/C10H11NO3S/c1-2-3-6-5-15-8-4-7(12)11(8)9(6)10(13)14/h2-3,8H,4-5H2,1H3,(H,13,14)/b3-2-/t8-/m1/s1. The number of fused-ring (bicyclic) bond motifs is 1. The molecule has 0 bridgehead atoms. The Kier molecular flexibility index (Phi) is 2.56. The Morgan fingerprint density at radius 2 is 2.40 bits per heavy atom. The minimum atomic E-state index is -1.01. The van der Waals surface area contributed by atoms with E-state index in [0.29, 0.717) is 12.2 Å². The number of amides is 1. The summed E-state index contributed by atoms with van der Waals surface area (Å²) in [7, 11) is 0. The molecule has 0 saturated carbocycles. The number of thioether (sulfide) groups is 1. The molecule has 1 fully saturated rings. The highest BCUT2D eigenvalue weighted by Crippen LogP contribution is 2.40. The van der Waals surface area contributed by atoms with Crippen LogP contribution in [-0.2, 0) is 9.59 Å². The molecule has 5 heteroatoms. The first-order chi connectivity index (χ1) is 7.15. The highest BCUT2D eigenvalue weighted by molar-refractivity contribution is 8.00. The number of rotatable bonds is 2. The molecule has 80 valence electrons. The van der Waals surface area contributed by atoms with E-state index < -0.39 is 5.97 Å². The summed E-state index contributed by atoms with van der Waals surface area (Å²) in [6, 6.07) is 0. The fourth-order valence-corrected chi connectivity index (χ4v) is 3.00. The van der Waals surface area contributed by atoms with E-state index in [1.54, 1.807) is 23.9 Å². The van der Waals surface area contributed by atoms with Crippen LogP contribution in [0.4, 0.5) is 0 Å². The lowest BCUT2D eigenvalue weighted by atomic mass is 10.1. The largest absolute Gasteiger partial charge is 0.477 e. The van der Waals surface area contributed by atoms with E-state index in [9.17, 15) is 9.59 Å². The molecule has 2 aliphatic rings. The lowest BCUT2D eigenvalue weighted by Crippen LogP contribution is -2.53. The quantitative estimate of drug-likeness (QED) is 0.717. The summed E-state index contributed by atoms with van der Waals surface area (Å²) in [5.74, 6) is -0.437. The number of hydrogen-bond acceptors (Lipinski definition) is 3. The Bertz CT molecular complexity index is 386. The molecule has 0 aromatic rings. The van der Waals surface area contributed by atoms with Gasteiger partial charge in [0.2, 0.25) is 5.91 Å². The molecule has 1 saturated heterocycles. The molecule has 0 unspecified atom stereocenters. The van der Waals surface area contributed by atoms with Gasteiger partial charge >= 0.3 is 5.97 Å². The summed E-state index contributed by atoms with van der Waals surface area (Å²) in [5.41, 5.74) is 0.882. The van der Waals surface area contributed by atoms with Gasteiger partial charge in [-0.3, -0.25) is 9.69 Å². The van der Waals surface area contributed by atoms with Crippen LogP contribution in [0.1, 0.15) is 13.3 Å². The minimum absolute atomic E-state index is 0.0395. The summed E-state index contributed by atoms with van der Waals surface area (Å²) in [5, 5.41) is 9.12. The van der Waals surface area contributed by atoms with Crippen molar-refractivity contribution in [3.8, 4) is 0 Å². The molecule has 0 spiro atoms. The molecule has 0 aromatic carbocycles. The van der Waals surface area contributed by atoms with Crippen LogP contribution in [0.15, 0.2) is 23.4 Å². The number of nitrogens with zero attached hydrogens (tertiary/aromatic N) is 1. The van der Waals surface area contributed by atoms with Gasteiger partial charge in [-0.1, -0.05) is 12.2 Å². The zero-order valence-corrected chi connectivity index (χ0v) is 9.08. The number of carbonyl (C=O) groups excluding carboxylic acids is 1. The summed E-state index contributed by atoms with van der Waals surface area (Å²) in [4.78, 5) is 23.8. The van der Waals surface area contributed by atoms with Gasteiger partial charge in [0.05, 0.1) is 11.8 Å². The third-order valence-corrected chi connectivity index (χ3v) is 3.69. The van der Waals surface area contributed by atoms with Gasteiger partial charge in [0.25, 0.3) is 0 Å². The van der Waals surface area contributed by atoms with E-state index >= 15 is 0 Å². The van der Waals surface area contributed by atoms with Crippen LogP contribution in [0, 0.1) is 0 Å². The van der Waals surface area contributed by atoms with Crippen LogP contribution < -0.4 is 0 Å². The molecule has 2 rings (SSSR count). The van der Waals surface area contributed by atoms with Crippen molar-refractivity contribution in [1.82, 2.24) is 4.90 Å². The first kappa shape index (κ1) is 10.3. The van der Waals surface area contributed by atoms with E-state index in [2.05, 4.69) is 0 Å². The number of hydrogen-bond donors (Lipinski definition) is 1. The van der Waals surface area contributed by atoms with Crippen LogP contribution in [0.25, 0.3) is 0 Å². The van der Waals surface area contributed by atoms with Crippen LogP contribution >= 0.6 is 11.8 Å². The molecule has 1 N–H and O–H groups in total. The molecule has 2 aliphatic heterocycles. The Hall–Kier alpha value is -1.23. The zero-order chi connectivity index (χ0) is 11.0. The van der Waals surface area contributed by atoms with E-state index in [1.165, 1.54) is 4.90 Å². The van der Waals surface area contributed by atoms with Crippen molar-refractivity contribution in [3.05, 3.63) is 23.4 Å². The maximum atomic E-state index is 11.3. The second-order valence-corrected chi connectivity index (χ2v) is 4.58. The number of β-lactam (4-membered cyclic amide) rings is 1. The Morgan fingerprint density at radius 3 is 2.93 bits per heavy atom. The first-order valence-corrected chi connectivity index (χ1v) is 5.73. The molecular formula is C10H11NO3S. The van der Waals surface area contributed by atoms with E-state index in [-0.39, 0.29) is 17.0 Å². The normalized spacial score (nSPS) is 25.5. The summed E-state index contributed by atoms with van der Waals surface area (Å²) in [6.07, 6.45) is 4.02. The summed E-state index contributed by atoms with van der Waals surface area (Å²) < 4.78 is 0. The lowest BCUT2D eigenvalue weighted by molar-refractivity contribution is -0.146. The molecule has 1 amide bonds. The van der Waals surface area contributed by atoms with Crippen molar-refractivity contribution in [2.75, 3.05) is 5.75 Å². The average Bonchev–Trinajstić information content (AvgIpc) is 2.18. The maximum Gasteiger partial charge on any atom is 0.352 e. The predicted molar refractivity (Wildman–Crippen MR) is 57.2 cm³/mol. The van der Waals surface area contributed by atoms with Crippen molar-refractivity contribution >= 4 is 23.6 Å². The van der Waals surface area contributed by atoms with Gasteiger partial charge < -0.3 is 5.11 Å². The fourth-order valence-electron chi connectivity index (χ4n) is 1.77. The van der Waals surface area contributed by atoms with Crippen LogP contribution in [0.5, 0.6) is 0 Å². The van der Waals surface area contributed by atoms with Gasteiger partial charge in [0.15, 0.2) is 0 Å². The van der Waals surface area contributed by atoms with Gasteiger partial charge in [-0.2, -0.15) is 0 Å². The van der Waals surface area contributed by atoms with Gasteiger partial charge in [-0.15, -0.1) is 11.8 Å². The third-order valence-electron chi connectivity index (χ3n) is 2.45. The molecule has 0 aliphatic carbocycles. The molecule has 15 heavy (non-hydrogen) atoms. The second-order valence-electron chi connectivity index (χ2n) is 3.41. The predicted octanol–water partition coefficient (Wildman–Crippen LogP) is 1.21. The van der Waals surface area contributed by atoms with Crippen molar-refractivity contribution in [3.63, 3.8) is 0 Å². The Morgan fingerprint density at radius 1 is 1.67 bits per heavy atom. The van der Waals surface area contributed by atoms with Crippen molar-refractivity contribution < 1.29 is 14.7 Å². The van der Waals surface area contributed by atoms with E-state index in [0.717, 1.165) is 5.57 Å². The van der Waals surface area contributed by atoms with Crippen molar-refractivity contribution in [1.29, 1.82) is 0 Å². The van der Waals surface area contributed by atoms with Gasteiger partial charge in [-0.05, 0) is 12.5 Å². The van der Waals surface area contributed by atoms with Gasteiger partial charge in [-0.25, -0.2) is 4.79 Å². The van der Waals surface area contributed by atoms with E-state index in [4.69, 9.17) is 5.11 Å². The number of aliphatic carboxylic acids is 1. The van der Waals surface area contributed by atoms with Crippen LogP contribution in [0.3, 0.4) is 0 Å². The SMILES string of the molecule is C/C=C\C1=C(C(=O)O)N2C(=O)C[C@H]2SC1. The lowest BCUT2D eigenvalue weighted by Gasteiger charge is -2.43.